The van der Waals surface area contributed by atoms with Gasteiger partial charge in [-0.3, -0.25) is 9.59 Å². The predicted molar refractivity (Wildman–Crippen MR) is 67.5 cm³/mol. The van der Waals surface area contributed by atoms with Gasteiger partial charge in [0.05, 0.1) is 13.5 Å². The lowest BCUT2D eigenvalue weighted by atomic mass is 9.82. The van der Waals surface area contributed by atoms with Gasteiger partial charge in [-0.25, -0.2) is 0 Å². The highest BCUT2D eigenvalue weighted by Crippen LogP contribution is 2.26. The predicted octanol–water partition coefficient (Wildman–Crippen LogP) is 2.27. The Labute approximate surface area is 104 Å². The molecule has 0 radical (unpaired) electrons. The number of carbonyl (C=O) groups excluding carboxylic acids is 2. The summed E-state index contributed by atoms with van der Waals surface area (Å²) in [5.74, 6) is -0.460. The molecule has 0 heterocycles. The van der Waals surface area contributed by atoms with E-state index in [-0.39, 0.29) is 35.7 Å². The van der Waals surface area contributed by atoms with Crippen molar-refractivity contribution in [2.45, 2.75) is 59.4 Å². The number of methoxy groups -OCH3 is 1. The number of nitrogens with one attached hydrogen (secondary N) is 1. The summed E-state index contributed by atoms with van der Waals surface area (Å²) >= 11 is 0. The highest BCUT2D eigenvalue weighted by Gasteiger charge is 2.26. The summed E-state index contributed by atoms with van der Waals surface area (Å²) in [4.78, 5) is 22.6. The third-order valence-electron chi connectivity index (χ3n) is 2.23. The third-order valence-corrected chi connectivity index (χ3v) is 2.23. The van der Waals surface area contributed by atoms with Crippen molar-refractivity contribution in [2.24, 2.45) is 5.41 Å². The fourth-order valence-corrected chi connectivity index (χ4v) is 2.13. The number of hydrogen-bond acceptors (Lipinski definition) is 3. The molecule has 0 aliphatic carbocycles. The smallest absolute Gasteiger partial charge is 0.306 e. The molecule has 17 heavy (non-hydrogen) atoms. The highest BCUT2D eigenvalue weighted by atomic mass is 16.5. The van der Waals surface area contributed by atoms with Crippen LogP contribution >= 0.6 is 0 Å². The molecule has 0 aromatic rings. The van der Waals surface area contributed by atoms with Crippen LogP contribution in [0, 0.1) is 5.41 Å². The first-order valence-electron chi connectivity index (χ1n) is 5.93. The molecule has 0 unspecified atom stereocenters. The first kappa shape index (κ1) is 15.9. The van der Waals surface area contributed by atoms with E-state index in [0.29, 0.717) is 0 Å². The summed E-state index contributed by atoms with van der Waals surface area (Å²) in [6, 6.07) is 0. The lowest BCUT2D eigenvalue weighted by Crippen LogP contribution is -2.45. The van der Waals surface area contributed by atoms with E-state index in [4.69, 9.17) is 0 Å². The average Bonchev–Trinajstić information content (AvgIpc) is 2.09. The van der Waals surface area contributed by atoms with E-state index in [1.807, 2.05) is 13.8 Å². The molecule has 0 aromatic carbocycles. The van der Waals surface area contributed by atoms with Crippen molar-refractivity contribution in [1.29, 1.82) is 0 Å². The lowest BCUT2D eigenvalue weighted by Gasteiger charge is -2.33. The maximum Gasteiger partial charge on any atom is 0.306 e. The standard InChI is InChI=1S/C13H25NO3/c1-12(2,3)9-13(4,5)14-10(15)7-8-11(16)17-6/h7-9H2,1-6H3,(H,14,15). The number of ether oxygens (including phenoxy) is 1. The number of carbonyl (C=O) groups is 2. The molecule has 0 saturated heterocycles. The Kier molecular flexibility index (Phi) is 5.66. The Morgan fingerprint density at radius 3 is 2.00 bits per heavy atom. The molecule has 4 nitrogen and oxygen atoms in total. The molecule has 4 heteroatoms. The van der Waals surface area contributed by atoms with Crippen molar-refractivity contribution >= 4 is 11.9 Å². The van der Waals surface area contributed by atoms with E-state index in [1.54, 1.807) is 0 Å². The quantitative estimate of drug-likeness (QED) is 0.754. The van der Waals surface area contributed by atoms with E-state index in [0.717, 1.165) is 6.42 Å². The van der Waals surface area contributed by atoms with Crippen LogP contribution in [0.3, 0.4) is 0 Å². The van der Waals surface area contributed by atoms with Crippen LogP contribution in [0.4, 0.5) is 0 Å². The molecule has 0 rings (SSSR count). The van der Waals surface area contributed by atoms with Crippen molar-refractivity contribution in [3.63, 3.8) is 0 Å². The molecule has 0 atom stereocenters. The fraction of sp³-hybridized carbons (Fsp3) is 0.846. The second kappa shape index (κ2) is 6.03. The number of amides is 1. The number of hydrogen-bond donors (Lipinski definition) is 1. The van der Waals surface area contributed by atoms with Crippen LogP contribution in [-0.4, -0.2) is 24.5 Å². The number of esters is 1. The molecule has 0 aromatic heterocycles. The van der Waals surface area contributed by atoms with E-state index in [9.17, 15) is 9.59 Å². The van der Waals surface area contributed by atoms with Gasteiger partial charge in [-0.1, -0.05) is 20.8 Å². The summed E-state index contributed by atoms with van der Waals surface area (Å²) in [7, 11) is 1.32. The summed E-state index contributed by atoms with van der Waals surface area (Å²) in [6.07, 6.45) is 1.19. The van der Waals surface area contributed by atoms with Crippen LogP contribution in [0.2, 0.25) is 0 Å². The van der Waals surface area contributed by atoms with Crippen LogP contribution < -0.4 is 5.32 Å². The Balaban J connectivity index is 4.14. The topological polar surface area (TPSA) is 55.4 Å². The molecular formula is C13H25NO3. The van der Waals surface area contributed by atoms with Gasteiger partial charge >= 0.3 is 5.97 Å². The number of rotatable bonds is 5. The van der Waals surface area contributed by atoms with Crippen molar-refractivity contribution in [1.82, 2.24) is 5.32 Å². The first-order chi connectivity index (χ1) is 7.56. The highest BCUT2D eigenvalue weighted by molar-refractivity contribution is 5.81. The largest absolute Gasteiger partial charge is 0.469 e. The monoisotopic (exact) mass is 243 g/mol. The minimum absolute atomic E-state index is 0.107. The molecule has 0 aliphatic rings. The Hall–Kier alpha value is -1.06. The fourth-order valence-electron chi connectivity index (χ4n) is 2.13. The molecule has 0 saturated carbocycles. The van der Waals surface area contributed by atoms with Crippen LogP contribution in [0.1, 0.15) is 53.9 Å². The van der Waals surface area contributed by atoms with E-state index in [1.165, 1.54) is 7.11 Å². The molecule has 0 bridgehead atoms. The maximum absolute atomic E-state index is 11.6. The zero-order valence-electron chi connectivity index (χ0n) is 11.8. The van der Waals surface area contributed by atoms with E-state index < -0.39 is 0 Å². The van der Waals surface area contributed by atoms with E-state index >= 15 is 0 Å². The van der Waals surface area contributed by atoms with Gasteiger partial charge in [-0.2, -0.15) is 0 Å². The van der Waals surface area contributed by atoms with Gasteiger partial charge in [0.15, 0.2) is 0 Å². The summed E-state index contributed by atoms with van der Waals surface area (Å²) in [5.41, 5.74) is -0.107. The second-order valence-electron chi connectivity index (χ2n) is 6.25. The molecule has 0 fully saturated rings. The molecule has 1 amide bonds. The van der Waals surface area contributed by atoms with Crippen molar-refractivity contribution in [2.75, 3.05) is 7.11 Å². The first-order valence-corrected chi connectivity index (χ1v) is 5.93. The van der Waals surface area contributed by atoms with Gasteiger partial charge in [-0.15, -0.1) is 0 Å². The lowest BCUT2D eigenvalue weighted by molar-refractivity contribution is -0.142. The van der Waals surface area contributed by atoms with Gasteiger partial charge < -0.3 is 10.1 Å². The van der Waals surface area contributed by atoms with Gasteiger partial charge in [0, 0.05) is 12.0 Å². The summed E-state index contributed by atoms with van der Waals surface area (Å²) < 4.78 is 4.49. The zero-order valence-corrected chi connectivity index (χ0v) is 11.8. The van der Waals surface area contributed by atoms with Gasteiger partial charge in [0.1, 0.15) is 0 Å². The minimum Gasteiger partial charge on any atom is -0.469 e. The van der Waals surface area contributed by atoms with Gasteiger partial charge in [-0.05, 0) is 25.7 Å². The summed E-state index contributed by atoms with van der Waals surface area (Å²) in [6.45, 7) is 10.4. The Morgan fingerprint density at radius 1 is 1.06 bits per heavy atom. The Morgan fingerprint density at radius 2 is 1.59 bits per heavy atom. The Bertz CT molecular complexity index is 277. The minimum atomic E-state index is -0.353. The van der Waals surface area contributed by atoms with Crippen LogP contribution in [-0.2, 0) is 14.3 Å². The maximum atomic E-state index is 11.6. The van der Waals surface area contributed by atoms with Gasteiger partial charge in [0.2, 0.25) is 5.91 Å². The normalized spacial score (nSPS) is 12.1. The van der Waals surface area contributed by atoms with Crippen LogP contribution in [0.15, 0.2) is 0 Å². The van der Waals surface area contributed by atoms with Gasteiger partial charge in [0.25, 0.3) is 0 Å². The average molecular weight is 243 g/mol. The SMILES string of the molecule is COC(=O)CCC(=O)NC(C)(C)CC(C)(C)C. The third kappa shape index (κ3) is 8.72. The van der Waals surface area contributed by atoms with Crippen molar-refractivity contribution < 1.29 is 14.3 Å². The zero-order chi connectivity index (χ0) is 13.7. The molecule has 0 aliphatic heterocycles. The van der Waals surface area contributed by atoms with Crippen LogP contribution in [0.25, 0.3) is 0 Å². The van der Waals surface area contributed by atoms with Crippen LogP contribution in [0.5, 0.6) is 0 Å². The summed E-state index contributed by atoms with van der Waals surface area (Å²) in [5, 5.41) is 2.95. The molecule has 100 valence electrons. The van der Waals surface area contributed by atoms with Crippen molar-refractivity contribution in [3.8, 4) is 0 Å². The van der Waals surface area contributed by atoms with Crippen molar-refractivity contribution in [3.05, 3.63) is 0 Å². The molecular weight excluding hydrogens is 218 g/mol. The molecule has 1 N–H and O–H groups in total. The van der Waals surface area contributed by atoms with E-state index in [2.05, 4.69) is 30.8 Å². The second-order valence-corrected chi connectivity index (χ2v) is 6.25. The molecule has 0 spiro atoms.